The van der Waals surface area contributed by atoms with Gasteiger partial charge in [0.2, 0.25) is 0 Å². The van der Waals surface area contributed by atoms with Gasteiger partial charge in [-0.05, 0) is 31.5 Å². The highest BCUT2D eigenvalue weighted by Crippen LogP contribution is 2.20. The molecule has 18 heavy (non-hydrogen) atoms. The van der Waals surface area contributed by atoms with Crippen molar-refractivity contribution < 1.29 is 4.74 Å². The van der Waals surface area contributed by atoms with Gasteiger partial charge in [-0.3, -0.25) is 0 Å². The maximum Gasteiger partial charge on any atom is 0.119 e. The molecule has 0 fully saturated rings. The number of hydrogen-bond donors (Lipinski definition) is 1. The molecule has 1 aromatic heterocycles. The van der Waals surface area contributed by atoms with Gasteiger partial charge in [0.15, 0.2) is 0 Å². The van der Waals surface area contributed by atoms with Crippen LogP contribution >= 0.6 is 0 Å². The molecule has 0 aliphatic rings. The van der Waals surface area contributed by atoms with E-state index in [1.807, 2.05) is 19.1 Å². The van der Waals surface area contributed by atoms with Crippen molar-refractivity contribution in [1.82, 2.24) is 9.97 Å². The van der Waals surface area contributed by atoms with Crippen molar-refractivity contribution >= 4 is 5.69 Å². The predicted octanol–water partition coefficient (Wildman–Crippen LogP) is 3.05. The number of nitrogens with one attached hydrogen (secondary N) is 1. The molecular weight excluding hydrogens is 226 g/mol. The molecule has 2 rings (SSSR count). The predicted molar refractivity (Wildman–Crippen MR) is 71.7 cm³/mol. The number of ether oxygens (including phenoxy) is 1. The van der Waals surface area contributed by atoms with Crippen LogP contribution in [0, 0.1) is 0 Å². The van der Waals surface area contributed by atoms with Crippen LogP contribution in [0.2, 0.25) is 0 Å². The smallest absolute Gasteiger partial charge is 0.119 e. The van der Waals surface area contributed by atoms with Crippen LogP contribution in [0.4, 0.5) is 5.69 Å². The van der Waals surface area contributed by atoms with E-state index in [2.05, 4.69) is 34.3 Å². The normalized spacial score (nSPS) is 11.9. The van der Waals surface area contributed by atoms with Crippen LogP contribution in [-0.4, -0.2) is 16.6 Å². The summed E-state index contributed by atoms with van der Waals surface area (Å²) in [6.07, 6.45) is 5.04. The first-order valence-corrected chi connectivity index (χ1v) is 6.04. The number of aromatic nitrogens is 2. The second-order valence-corrected chi connectivity index (χ2v) is 4.00. The molecule has 1 aromatic carbocycles. The number of nitrogens with zero attached hydrogens (tertiary/aromatic N) is 2. The van der Waals surface area contributed by atoms with Crippen LogP contribution in [0.1, 0.15) is 25.5 Å². The van der Waals surface area contributed by atoms with Crippen LogP contribution in [0.3, 0.4) is 0 Å². The zero-order chi connectivity index (χ0) is 12.8. The van der Waals surface area contributed by atoms with Gasteiger partial charge < -0.3 is 10.1 Å². The number of anilines is 1. The Hall–Kier alpha value is -2.10. The molecular formula is C14H17N3O. The average molecular weight is 243 g/mol. The Balaban J connectivity index is 2.02. The Morgan fingerprint density at radius 1 is 1.17 bits per heavy atom. The van der Waals surface area contributed by atoms with Crippen LogP contribution < -0.4 is 10.1 Å². The topological polar surface area (TPSA) is 47.0 Å². The Morgan fingerprint density at radius 2 is 1.83 bits per heavy atom. The fourth-order valence-electron chi connectivity index (χ4n) is 1.73. The molecule has 1 unspecified atom stereocenters. The summed E-state index contributed by atoms with van der Waals surface area (Å²) in [5.74, 6) is 0.900. The number of hydrogen-bond acceptors (Lipinski definition) is 4. The zero-order valence-electron chi connectivity index (χ0n) is 10.6. The van der Waals surface area contributed by atoms with Crippen molar-refractivity contribution in [3.05, 3.63) is 48.5 Å². The van der Waals surface area contributed by atoms with Crippen LogP contribution in [0.25, 0.3) is 0 Å². The first-order chi connectivity index (χ1) is 8.79. The lowest BCUT2D eigenvalue weighted by molar-refractivity contribution is 0.340. The van der Waals surface area contributed by atoms with Gasteiger partial charge >= 0.3 is 0 Å². The van der Waals surface area contributed by atoms with Crippen molar-refractivity contribution in [1.29, 1.82) is 0 Å². The molecule has 0 amide bonds. The third kappa shape index (κ3) is 3.20. The Kier molecular flexibility index (Phi) is 4.12. The molecule has 0 bridgehead atoms. The van der Waals surface area contributed by atoms with Gasteiger partial charge in [0, 0.05) is 6.04 Å². The molecule has 0 saturated carbocycles. The third-order valence-corrected chi connectivity index (χ3v) is 2.63. The summed E-state index contributed by atoms with van der Waals surface area (Å²) < 4.78 is 5.42. The minimum absolute atomic E-state index is 0.201. The number of rotatable bonds is 5. The summed E-state index contributed by atoms with van der Waals surface area (Å²) in [4.78, 5) is 7.95. The molecule has 2 aromatic rings. The van der Waals surface area contributed by atoms with E-state index in [0.29, 0.717) is 6.61 Å². The zero-order valence-corrected chi connectivity index (χ0v) is 10.6. The summed E-state index contributed by atoms with van der Waals surface area (Å²) >= 11 is 0. The van der Waals surface area contributed by atoms with Gasteiger partial charge in [0.1, 0.15) is 12.1 Å². The minimum Gasteiger partial charge on any atom is -0.494 e. The van der Waals surface area contributed by atoms with Crippen molar-refractivity contribution in [2.24, 2.45) is 0 Å². The summed E-state index contributed by atoms with van der Waals surface area (Å²) in [5.41, 5.74) is 2.11. The fourth-order valence-corrected chi connectivity index (χ4v) is 1.73. The van der Waals surface area contributed by atoms with Crippen LogP contribution in [0.15, 0.2) is 43.0 Å². The average Bonchev–Trinajstić information content (AvgIpc) is 2.41. The Morgan fingerprint density at radius 3 is 2.44 bits per heavy atom. The van der Waals surface area contributed by atoms with Gasteiger partial charge in [-0.2, -0.15) is 0 Å². The fraction of sp³-hybridized carbons (Fsp3) is 0.286. The number of benzene rings is 1. The largest absolute Gasteiger partial charge is 0.494 e. The van der Waals surface area contributed by atoms with E-state index in [-0.39, 0.29) is 6.04 Å². The maximum absolute atomic E-state index is 5.42. The van der Waals surface area contributed by atoms with Gasteiger partial charge in [-0.15, -0.1) is 0 Å². The summed E-state index contributed by atoms with van der Waals surface area (Å²) in [6, 6.07) is 8.29. The van der Waals surface area contributed by atoms with Crippen molar-refractivity contribution in [3.8, 4) is 5.75 Å². The molecule has 0 saturated heterocycles. The first kappa shape index (κ1) is 12.4. The van der Waals surface area contributed by atoms with Gasteiger partial charge in [-0.25, -0.2) is 9.97 Å². The summed E-state index contributed by atoms with van der Waals surface area (Å²) in [7, 11) is 0. The lowest BCUT2D eigenvalue weighted by Gasteiger charge is -2.15. The minimum atomic E-state index is 0.201. The second kappa shape index (κ2) is 6.00. The maximum atomic E-state index is 5.42. The molecule has 0 aliphatic heterocycles. The highest BCUT2D eigenvalue weighted by atomic mass is 16.5. The van der Waals surface area contributed by atoms with E-state index in [9.17, 15) is 0 Å². The quantitative estimate of drug-likeness (QED) is 0.876. The molecule has 0 aliphatic carbocycles. The molecule has 0 radical (unpaired) electrons. The molecule has 1 atom stereocenters. The lowest BCUT2D eigenvalue weighted by Crippen LogP contribution is -2.07. The molecule has 1 N–H and O–H groups in total. The van der Waals surface area contributed by atoms with E-state index in [0.717, 1.165) is 11.4 Å². The van der Waals surface area contributed by atoms with E-state index >= 15 is 0 Å². The monoisotopic (exact) mass is 243 g/mol. The van der Waals surface area contributed by atoms with Crippen LogP contribution in [0.5, 0.6) is 5.75 Å². The molecule has 94 valence electrons. The summed E-state index contributed by atoms with van der Waals surface area (Å²) in [5, 5.41) is 3.34. The highest BCUT2D eigenvalue weighted by Gasteiger charge is 2.05. The lowest BCUT2D eigenvalue weighted by atomic mass is 10.1. The molecule has 4 nitrogen and oxygen atoms in total. The SMILES string of the molecule is CCOc1ccc(C(C)Nc2cncnc2)cc1. The second-order valence-electron chi connectivity index (χ2n) is 4.00. The molecule has 1 heterocycles. The molecule has 4 heteroatoms. The Bertz CT molecular complexity index is 470. The van der Waals surface area contributed by atoms with Gasteiger partial charge in [-0.1, -0.05) is 12.1 Å². The van der Waals surface area contributed by atoms with Gasteiger partial charge in [0.25, 0.3) is 0 Å². The van der Waals surface area contributed by atoms with Crippen molar-refractivity contribution in [2.45, 2.75) is 19.9 Å². The van der Waals surface area contributed by atoms with E-state index < -0.39 is 0 Å². The Labute approximate surface area is 107 Å². The van der Waals surface area contributed by atoms with E-state index in [4.69, 9.17) is 4.74 Å². The van der Waals surface area contributed by atoms with Gasteiger partial charge in [0.05, 0.1) is 24.7 Å². The standard InChI is InChI=1S/C14H17N3O/c1-3-18-14-6-4-12(5-7-14)11(2)17-13-8-15-10-16-9-13/h4-11,17H,3H2,1-2H3. The highest BCUT2D eigenvalue weighted by molar-refractivity contribution is 5.41. The first-order valence-electron chi connectivity index (χ1n) is 6.04. The van der Waals surface area contributed by atoms with E-state index in [1.54, 1.807) is 12.4 Å². The molecule has 0 spiro atoms. The summed E-state index contributed by atoms with van der Waals surface area (Å²) in [6.45, 7) is 4.77. The van der Waals surface area contributed by atoms with Crippen molar-refractivity contribution in [2.75, 3.05) is 11.9 Å². The van der Waals surface area contributed by atoms with E-state index in [1.165, 1.54) is 11.9 Å². The van der Waals surface area contributed by atoms with Crippen LogP contribution in [-0.2, 0) is 0 Å². The van der Waals surface area contributed by atoms with Crippen molar-refractivity contribution in [3.63, 3.8) is 0 Å². The third-order valence-electron chi connectivity index (χ3n) is 2.63.